The third-order valence-corrected chi connectivity index (χ3v) is 6.13. The van der Waals surface area contributed by atoms with Gasteiger partial charge in [0.1, 0.15) is 0 Å². The van der Waals surface area contributed by atoms with Crippen LogP contribution in [0.25, 0.3) is 0 Å². The number of nitrogens with one attached hydrogen (secondary N) is 1. The van der Waals surface area contributed by atoms with Gasteiger partial charge in [0.2, 0.25) is 0 Å². The van der Waals surface area contributed by atoms with E-state index in [1.54, 1.807) is 0 Å². The van der Waals surface area contributed by atoms with Crippen LogP contribution in [0.4, 0.5) is 0 Å². The second-order valence-corrected chi connectivity index (χ2v) is 14.1. The predicted molar refractivity (Wildman–Crippen MR) is 110 cm³/mol. The maximum atomic E-state index is 13.0. The van der Waals surface area contributed by atoms with Gasteiger partial charge in [-0.15, -0.1) is 0 Å². The Morgan fingerprint density at radius 1 is 1.20 bits per heavy atom. The normalized spacial score (nSPS) is 11.8. The van der Waals surface area contributed by atoms with Gasteiger partial charge in [0.15, 0.2) is 10.4 Å². The van der Waals surface area contributed by atoms with Crippen molar-refractivity contribution in [3.63, 3.8) is 0 Å². The molecule has 144 valence electrons. The Morgan fingerprint density at radius 3 is 2.32 bits per heavy atom. The Bertz CT molecular complexity index is 521. The molecular weight excluding hydrogens is 398 g/mol. The Hall–Kier alpha value is -0.663. The van der Waals surface area contributed by atoms with Crippen LogP contribution in [0.5, 0.6) is 0 Å². The summed E-state index contributed by atoms with van der Waals surface area (Å²) >= 11 is 3.36. The number of ether oxygens (including phenoxy) is 1. The molecule has 1 aromatic heterocycles. The number of imidazole rings is 1. The molecule has 1 N–H and O–H groups in total. The molecule has 1 amide bonds. The highest BCUT2D eigenvalue weighted by molar-refractivity contribution is 9.10. The third-order valence-electron chi connectivity index (χ3n) is 4.05. The molecule has 0 aliphatic carbocycles. The zero-order chi connectivity index (χ0) is 18.9. The van der Waals surface area contributed by atoms with Crippen molar-refractivity contribution in [3.05, 3.63) is 16.1 Å². The van der Waals surface area contributed by atoms with Crippen LogP contribution in [0.2, 0.25) is 25.7 Å². The van der Waals surface area contributed by atoms with E-state index in [4.69, 9.17) is 4.74 Å². The van der Waals surface area contributed by atoms with Crippen LogP contribution in [0.1, 0.15) is 55.7 Å². The number of carbonyl (C=O) groups excluding carboxylic acids is 1. The zero-order valence-electron chi connectivity index (χ0n) is 16.5. The molecule has 1 aromatic rings. The summed E-state index contributed by atoms with van der Waals surface area (Å²) in [6.07, 6.45) is 4.19. The highest BCUT2D eigenvalue weighted by atomic mass is 79.9. The molecule has 0 bridgehead atoms. The second kappa shape index (κ2) is 11.1. The molecule has 1 rings (SSSR count). The molecule has 0 spiro atoms. The monoisotopic (exact) mass is 431 g/mol. The van der Waals surface area contributed by atoms with Gasteiger partial charge < -0.3 is 14.6 Å². The minimum absolute atomic E-state index is 0.00708. The number of H-pyrrole nitrogens is 1. The van der Waals surface area contributed by atoms with Crippen molar-refractivity contribution < 1.29 is 9.53 Å². The molecule has 25 heavy (non-hydrogen) atoms. The number of unbranched alkanes of at least 4 members (excludes halogenated alkanes) is 2. The number of aromatic amines is 1. The van der Waals surface area contributed by atoms with Gasteiger partial charge in [-0.1, -0.05) is 46.3 Å². The summed E-state index contributed by atoms with van der Waals surface area (Å²) in [6, 6.07) is 1.12. The molecule has 7 heteroatoms. The Labute approximate surface area is 162 Å². The molecule has 5 nitrogen and oxygen atoms in total. The summed E-state index contributed by atoms with van der Waals surface area (Å²) in [4.78, 5) is 22.4. The fraction of sp³-hybridized carbons (Fsp3) is 0.778. The van der Waals surface area contributed by atoms with Crippen molar-refractivity contribution in [1.82, 2.24) is 14.9 Å². The summed E-state index contributed by atoms with van der Waals surface area (Å²) in [6.45, 7) is 14.0. The number of carbonyl (C=O) groups is 1. The lowest BCUT2D eigenvalue weighted by atomic mass is 10.2. The van der Waals surface area contributed by atoms with E-state index < -0.39 is 8.07 Å². The lowest BCUT2D eigenvalue weighted by molar-refractivity contribution is 0.0736. The molecule has 0 atom stereocenters. The van der Waals surface area contributed by atoms with E-state index in [9.17, 15) is 4.79 Å². The summed E-state index contributed by atoms with van der Waals surface area (Å²) in [5.41, 5.74) is 1.26. The first-order valence-corrected chi connectivity index (χ1v) is 13.9. The minimum atomic E-state index is -1.11. The van der Waals surface area contributed by atoms with Crippen LogP contribution in [0, 0.1) is 0 Å². The lowest BCUT2D eigenvalue weighted by Gasteiger charge is -2.22. The van der Waals surface area contributed by atoms with E-state index in [-0.39, 0.29) is 5.91 Å². The van der Waals surface area contributed by atoms with Crippen LogP contribution in [0.3, 0.4) is 0 Å². The molecule has 1 heterocycles. The predicted octanol–water partition coefficient (Wildman–Crippen LogP) is 5.07. The van der Waals surface area contributed by atoms with Crippen molar-refractivity contribution in [2.24, 2.45) is 0 Å². The van der Waals surface area contributed by atoms with Gasteiger partial charge in [0.05, 0.1) is 12.3 Å². The number of aromatic nitrogens is 2. The molecule has 0 fully saturated rings. The van der Waals surface area contributed by atoms with Gasteiger partial charge in [0, 0.05) is 27.8 Å². The molecule has 0 aromatic carbocycles. The van der Waals surface area contributed by atoms with Gasteiger partial charge in [-0.25, -0.2) is 4.98 Å². The first kappa shape index (κ1) is 22.4. The topological polar surface area (TPSA) is 58.2 Å². The highest BCUT2D eigenvalue weighted by Crippen LogP contribution is 2.16. The SMILES string of the molecule is CCCCN(CCCC)C(=O)c1nc(Br)[nH]c1COCC[Si](C)(C)C. The fourth-order valence-corrected chi connectivity index (χ4v) is 3.55. The van der Waals surface area contributed by atoms with Crippen LogP contribution >= 0.6 is 15.9 Å². The van der Waals surface area contributed by atoms with Crippen LogP contribution < -0.4 is 0 Å². The van der Waals surface area contributed by atoms with Crippen LogP contribution in [0.15, 0.2) is 4.73 Å². The largest absolute Gasteiger partial charge is 0.375 e. The van der Waals surface area contributed by atoms with Gasteiger partial charge >= 0.3 is 0 Å². The first-order valence-electron chi connectivity index (χ1n) is 9.40. The van der Waals surface area contributed by atoms with Gasteiger partial charge in [-0.3, -0.25) is 4.79 Å². The average Bonchev–Trinajstić information content (AvgIpc) is 2.91. The smallest absolute Gasteiger partial charge is 0.274 e. The van der Waals surface area contributed by atoms with Crippen molar-refractivity contribution >= 4 is 29.9 Å². The molecular formula is C18H34BrN3O2Si. The molecule has 0 radical (unpaired) electrons. The van der Waals surface area contributed by atoms with Crippen molar-refractivity contribution in [2.75, 3.05) is 19.7 Å². The number of hydrogen-bond donors (Lipinski definition) is 1. The van der Waals surface area contributed by atoms with Crippen LogP contribution in [-0.2, 0) is 11.3 Å². The number of amides is 1. The van der Waals surface area contributed by atoms with Crippen LogP contribution in [-0.4, -0.2) is 48.5 Å². The number of rotatable bonds is 12. The Balaban J connectivity index is 2.75. The number of nitrogens with zero attached hydrogens (tertiary/aromatic N) is 2. The van der Waals surface area contributed by atoms with E-state index in [0.717, 1.165) is 57.1 Å². The first-order chi connectivity index (χ1) is 11.8. The van der Waals surface area contributed by atoms with E-state index >= 15 is 0 Å². The minimum Gasteiger partial charge on any atom is -0.375 e. The van der Waals surface area contributed by atoms with E-state index in [1.807, 2.05) is 4.90 Å². The van der Waals surface area contributed by atoms with Gasteiger partial charge in [0.25, 0.3) is 5.91 Å². The molecule has 0 saturated heterocycles. The second-order valence-electron chi connectivity index (χ2n) is 7.72. The van der Waals surface area contributed by atoms with Gasteiger partial charge in [-0.2, -0.15) is 0 Å². The fourth-order valence-electron chi connectivity index (χ4n) is 2.37. The average molecular weight is 432 g/mol. The summed E-state index contributed by atoms with van der Waals surface area (Å²) in [5.74, 6) is 0.00708. The highest BCUT2D eigenvalue weighted by Gasteiger charge is 2.22. The maximum Gasteiger partial charge on any atom is 0.274 e. The Kier molecular flexibility index (Phi) is 9.97. The Morgan fingerprint density at radius 2 is 1.80 bits per heavy atom. The van der Waals surface area contributed by atoms with Crippen molar-refractivity contribution in [1.29, 1.82) is 0 Å². The molecule has 0 aliphatic heterocycles. The maximum absolute atomic E-state index is 13.0. The van der Waals surface area contributed by atoms with E-state index in [0.29, 0.717) is 17.0 Å². The third kappa shape index (κ3) is 8.51. The van der Waals surface area contributed by atoms with E-state index in [1.165, 1.54) is 0 Å². The standard InChI is InChI=1S/C18H34BrN3O2Si/c1-6-8-10-22(11-9-7-2)17(23)16-15(20-18(19)21-16)14-24-12-13-25(3,4)5/h6-14H2,1-5H3,(H,20,21). The molecule has 0 unspecified atom stereocenters. The lowest BCUT2D eigenvalue weighted by Crippen LogP contribution is -2.34. The van der Waals surface area contributed by atoms with Gasteiger partial charge in [-0.05, 0) is 34.8 Å². The molecule has 0 aliphatic rings. The van der Waals surface area contributed by atoms with Crippen molar-refractivity contribution in [2.45, 2.75) is 71.8 Å². The van der Waals surface area contributed by atoms with E-state index in [2.05, 4.69) is 59.4 Å². The zero-order valence-corrected chi connectivity index (χ0v) is 19.0. The number of halogens is 1. The summed E-state index contributed by atoms with van der Waals surface area (Å²) < 4.78 is 6.40. The van der Waals surface area contributed by atoms with Crippen molar-refractivity contribution in [3.8, 4) is 0 Å². The quantitative estimate of drug-likeness (QED) is 0.371. The summed E-state index contributed by atoms with van der Waals surface area (Å²) in [5, 5.41) is 0. The number of hydrogen-bond acceptors (Lipinski definition) is 3. The summed E-state index contributed by atoms with van der Waals surface area (Å²) in [7, 11) is -1.11. The molecule has 0 saturated carbocycles.